The smallest absolute Gasteiger partial charge is 0.231 e. The second kappa shape index (κ2) is 5.69. The van der Waals surface area contributed by atoms with Gasteiger partial charge in [0.15, 0.2) is 11.5 Å². The number of nitrogens with two attached hydrogens (primary N) is 1. The lowest BCUT2D eigenvalue weighted by Crippen LogP contribution is -2.37. The Morgan fingerprint density at radius 2 is 1.84 bits per heavy atom. The van der Waals surface area contributed by atoms with Crippen molar-refractivity contribution in [3.8, 4) is 11.5 Å². The largest absolute Gasteiger partial charge is 0.454 e. The molecule has 0 bridgehead atoms. The van der Waals surface area contributed by atoms with Crippen molar-refractivity contribution in [3.05, 3.63) is 22.2 Å². The van der Waals surface area contributed by atoms with Gasteiger partial charge in [-0.05, 0) is 43.4 Å². The van der Waals surface area contributed by atoms with Crippen molar-refractivity contribution in [1.82, 2.24) is 5.32 Å². The average molecular weight is 327 g/mol. The van der Waals surface area contributed by atoms with Crippen LogP contribution in [0.15, 0.2) is 16.6 Å². The third kappa shape index (κ3) is 3.04. The molecule has 0 atom stereocenters. The summed E-state index contributed by atoms with van der Waals surface area (Å²) < 4.78 is 11.8. The van der Waals surface area contributed by atoms with Crippen LogP contribution >= 0.6 is 15.9 Å². The zero-order chi connectivity index (χ0) is 13.2. The Morgan fingerprint density at radius 3 is 2.58 bits per heavy atom. The summed E-state index contributed by atoms with van der Waals surface area (Å²) in [7, 11) is 0. The van der Waals surface area contributed by atoms with Gasteiger partial charge in [-0.25, -0.2) is 0 Å². The Bertz CT molecular complexity index is 459. The molecule has 3 N–H and O–H groups in total. The van der Waals surface area contributed by atoms with Crippen LogP contribution in [-0.4, -0.2) is 18.9 Å². The Balaban J connectivity index is 1.61. The minimum atomic E-state index is 0.319. The zero-order valence-corrected chi connectivity index (χ0v) is 12.4. The number of benzene rings is 1. The summed E-state index contributed by atoms with van der Waals surface area (Å²) in [5, 5.41) is 3.61. The molecule has 0 spiro atoms. The molecule has 1 aromatic carbocycles. The van der Waals surface area contributed by atoms with Gasteiger partial charge in [0.1, 0.15) is 0 Å². The van der Waals surface area contributed by atoms with Gasteiger partial charge in [-0.1, -0.05) is 15.9 Å². The first-order valence-corrected chi connectivity index (χ1v) is 7.58. The van der Waals surface area contributed by atoms with Gasteiger partial charge in [0, 0.05) is 23.1 Å². The van der Waals surface area contributed by atoms with Crippen LogP contribution in [0.25, 0.3) is 0 Å². The highest BCUT2D eigenvalue weighted by Gasteiger charge is 2.20. The molecule has 0 radical (unpaired) electrons. The molecule has 1 fully saturated rings. The van der Waals surface area contributed by atoms with E-state index in [9.17, 15) is 0 Å². The van der Waals surface area contributed by atoms with E-state index in [0.717, 1.165) is 35.4 Å². The minimum Gasteiger partial charge on any atom is -0.454 e. The van der Waals surface area contributed by atoms with Crippen molar-refractivity contribution in [2.24, 2.45) is 5.73 Å². The quantitative estimate of drug-likeness (QED) is 0.896. The van der Waals surface area contributed by atoms with Crippen molar-refractivity contribution >= 4 is 15.9 Å². The first-order chi connectivity index (χ1) is 9.22. The third-order valence-electron chi connectivity index (χ3n) is 3.89. The van der Waals surface area contributed by atoms with E-state index in [2.05, 4.69) is 21.2 Å². The van der Waals surface area contributed by atoms with E-state index in [1.54, 1.807) is 0 Å². The van der Waals surface area contributed by atoms with Crippen LogP contribution in [0.3, 0.4) is 0 Å². The van der Waals surface area contributed by atoms with E-state index in [0.29, 0.717) is 18.9 Å². The molecule has 0 saturated heterocycles. The number of halogens is 1. The lowest BCUT2D eigenvalue weighted by Gasteiger charge is -2.27. The standard InChI is InChI=1S/C14H19BrN2O2/c15-12-6-14-13(18-8-19-14)5-9(12)7-17-11-3-1-10(16)2-4-11/h5-6,10-11,17H,1-4,7-8,16H2. The minimum absolute atomic E-state index is 0.319. The fourth-order valence-corrected chi connectivity index (χ4v) is 3.13. The molecule has 1 heterocycles. The molecule has 1 saturated carbocycles. The van der Waals surface area contributed by atoms with E-state index >= 15 is 0 Å². The number of fused-ring (bicyclic) bond motifs is 1. The molecule has 4 nitrogen and oxygen atoms in total. The number of hydrogen-bond acceptors (Lipinski definition) is 4. The summed E-state index contributed by atoms with van der Waals surface area (Å²) in [5.74, 6) is 1.66. The van der Waals surface area contributed by atoms with Gasteiger partial charge in [0.25, 0.3) is 0 Å². The van der Waals surface area contributed by atoms with Crippen LogP contribution < -0.4 is 20.5 Å². The number of nitrogens with one attached hydrogen (secondary N) is 1. The van der Waals surface area contributed by atoms with E-state index in [1.807, 2.05) is 12.1 Å². The van der Waals surface area contributed by atoms with Crippen molar-refractivity contribution in [3.63, 3.8) is 0 Å². The number of rotatable bonds is 3. The van der Waals surface area contributed by atoms with Gasteiger partial charge < -0.3 is 20.5 Å². The van der Waals surface area contributed by atoms with Crippen molar-refractivity contribution in [2.45, 2.75) is 44.3 Å². The molecule has 1 aliphatic carbocycles. The summed E-state index contributed by atoms with van der Waals surface area (Å²) in [5.41, 5.74) is 7.13. The van der Waals surface area contributed by atoms with Gasteiger partial charge in [-0.3, -0.25) is 0 Å². The lowest BCUT2D eigenvalue weighted by atomic mass is 9.92. The Hall–Kier alpha value is -0.780. The molecular formula is C14H19BrN2O2. The molecule has 0 unspecified atom stereocenters. The van der Waals surface area contributed by atoms with Gasteiger partial charge in [-0.2, -0.15) is 0 Å². The predicted octanol–water partition coefficient (Wildman–Crippen LogP) is 2.54. The van der Waals surface area contributed by atoms with Crippen LogP contribution in [0.1, 0.15) is 31.2 Å². The molecule has 1 aromatic rings. The predicted molar refractivity (Wildman–Crippen MR) is 77.3 cm³/mol. The summed E-state index contributed by atoms with van der Waals surface area (Å²) in [6.45, 7) is 1.16. The van der Waals surface area contributed by atoms with E-state index in [4.69, 9.17) is 15.2 Å². The topological polar surface area (TPSA) is 56.5 Å². The summed E-state index contributed by atoms with van der Waals surface area (Å²) in [6.07, 6.45) is 4.59. The van der Waals surface area contributed by atoms with Crippen LogP contribution in [0.2, 0.25) is 0 Å². The molecule has 0 aromatic heterocycles. The normalized spacial score (nSPS) is 25.6. The summed E-state index contributed by atoms with van der Waals surface area (Å²) >= 11 is 3.59. The fourth-order valence-electron chi connectivity index (χ4n) is 2.67. The summed E-state index contributed by atoms with van der Waals surface area (Å²) in [4.78, 5) is 0. The fraction of sp³-hybridized carbons (Fsp3) is 0.571. The molecule has 5 heteroatoms. The maximum Gasteiger partial charge on any atom is 0.231 e. The van der Waals surface area contributed by atoms with Gasteiger partial charge in [0.05, 0.1) is 0 Å². The van der Waals surface area contributed by atoms with Crippen molar-refractivity contribution < 1.29 is 9.47 Å². The SMILES string of the molecule is NC1CCC(NCc2cc3c(cc2Br)OCO3)CC1. The van der Waals surface area contributed by atoms with Crippen LogP contribution in [0.5, 0.6) is 11.5 Å². The molecular weight excluding hydrogens is 308 g/mol. The molecule has 2 aliphatic rings. The van der Waals surface area contributed by atoms with E-state index in [-0.39, 0.29) is 0 Å². The van der Waals surface area contributed by atoms with Crippen molar-refractivity contribution in [1.29, 1.82) is 0 Å². The second-order valence-electron chi connectivity index (χ2n) is 5.29. The molecule has 1 aliphatic heterocycles. The third-order valence-corrected chi connectivity index (χ3v) is 4.63. The van der Waals surface area contributed by atoms with Crippen LogP contribution in [0, 0.1) is 0 Å². The highest BCUT2D eigenvalue weighted by molar-refractivity contribution is 9.10. The average Bonchev–Trinajstić information content (AvgIpc) is 2.85. The molecule has 104 valence electrons. The van der Waals surface area contributed by atoms with Crippen LogP contribution in [-0.2, 0) is 6.54 Å². The highest BCUT2D eigenvalue weighted by Crippen LogP contribution is 2.37. The highest BCUT2D eigenvalue weighted by atomic mass is 79.9. The zero-order valence-electron chi connectivity index (χ0n) is 10.8. The Labute approximate surface area is 121 Å². The number of hydrogen-bond donors (Lipinski definition) is 2. The Kier molecular flexibility index (Phi) is 3.96. The first-order valence-electron chi connectivity index (χ1n) is 6.79. The first kappa shape index (κ1) is 13.2. The van der Waals surface area contributed by atoms with Gasteiger partial charge in [-0.15, -0.1) is 0 Å². The maximum absolute atomic E-state index is 5.92. The van der Waals surface area contributed by atoms with Crippen molar-refractivity contribution in [2.75, 3.05) is 6.79 Å². The second-order valence-corrected chi connectivity index (χ2v) is 6.14. The van der Waals surface area contributed by atoms with Gasteiger partial charge >= 0.3 is 0 Å². The van der Waals surface area contributed by atoms with E-state index in [1.165, 1.54) is 18.4 Å². The number of ether oxygens (including phenoxy) is 2. The molecule has 19 heavy (non-hydrogen) atoms. The molecule has 3 rings (SSSR count). The van der Waals surface area contributed by atoms with E-state index < -0.39 is 0 Å². The lowest BCUT2D eigenvalue weighted by molar-refractivity contribution is 0.174. The van der Waals surface area contributed by atoms with Gasteiger partial charge in [0.2, 0.25) is 6.79 Å². The Morgan fingerprint density at radius 1 is 1.16 bits per heavy atom. The monoisotopic (exact) mass is 326 g/mol. The maximum atomic E-state index is 5.92. The van der Waals surface area contributed by atoms with Crippen LogP contribution in [0.4, 0.5) is 0 Å². The summed E-state index contributed by atoms with van der Waals surface area (Å²) in [6, 6.07) is 5.01. The molecule has 0 amide bonds.